The highest BCUT2D eigenvalue weighted by Crippen LogP contribution is 2.31. The molecule has 0 amide bonds. The zero-order chi connectivity index (χ0) is 16.5. The summed E-state index contributed by atoms with van der Waals surface area (Å²) in [6.07, 6.45) is 22.8. The molecule has 0 aromatic heterocycles. The third-order valence-corrected chi connectivity index (χ3v) is 5.03. The maximum atomic E-state index is 2.34. The van der Waals surface area contributed by atoms with Crippen LogP contribution < -0.4 is 0 Å². The van der Waals surface area contributed by atoms with Crippen LogP contribution in [0.15, 0.2) is 0 Å². The fraction of sp³-hybridized carbons (Fsp3) is 0.955. The van der Waals surface area contributed by atoms with Gasteiger partial charge in [-0.25, -0.2) is 0 Å². The van der Waals surface area contributed by atoms with E-state index in [-0.39, 0.29) is 0 Å². The largest absolute Gasteiger partial charge is 0.0654 e. The maximum absolute atomic E-state index is 2.34. The van der Waals surface area contributed by atoms with Gasteiger partial charge >= 0.3 is 0 Å². The molecule has 0 aliphatic rings. The minimum absolute atomic E-state index is 0.989. The van der Waals surface area contributed by atoms with E-state index in [0.29, 0.717) is 0 Å². The van der Waals surface area contributed by atoms with Crippen molar-refractivity contribution in [1.29, 1.82) is 0 Å². The second-order valence-electron chi connectivity index (χ2n) is 7.37. The van der Waals surface area contributed by atoms with Crippen LogP contribution in [0.5, 0.6) is 0 Å². The van der Waals surface area contributed by atoms with E-state index in [0.717, 1.165) is 5.92 Å². The van der Waals surface area contributed by atoms with Crippen LogP contribution in [0.1, 0.15) is 130 Å². The first-order valence-electron chi connectivity index (χ1n) is 10.6. The molecule has 0 aliphatic carbocycles. The molecule has 0 saturated carbocycles. The molecule has 0 saturated heterocycles. The summed E-state index contributed by atoms with van der Waals surface area (Å²) in [6, 6.07) is 0. The van der Waals surface area contributed by atoms with Crippen molar-refractivity contribution in [1.82, 2.24) is 0 Å². The van der Waals surface area contributed by atoms with Crippen molar-refractivity contribution in [2.45, 2.75) is 130 Å². The summed E-state index contributed by atoms with van der Waals surface area (Å²) in [5.74, 6) is 2.91. The summed E-state index contributed by atoms with van der Waals surface area (Å²) in [5, 5.41) is 0. The molecule has 1 radical (unpaired) electrons. The number of rotatable bonds is 17. The first-order chi connectivity index (χ1) is 10.8. The van der Waals surface area contributed by atoms with Gasteiger partial charge < -0.3 is 0 Å². The lowest BCUT2D eigenvalue weighted by atomic mass is 9.82. The Bertz CT molecular complexity index is 188. The number of unbranched alkanes of at least 4 members (excludes halogenated alkanes) is 7. The Morgan fingerprint density at radius 3 is 1.50 bits per heavy atom. The fourth-order valence-electron chi connectivity index (χ4n) is 3.50. The van der Waals surface area contributed by atoms with Crippen molar-refractivity contribution in [2.75, 3.05) is 0 Å². The van der Waals surface area contributed by atoms with Crippen molar-refractivity contribution < 1.29 is 0 Å². The third-order valence-electron chi connectivity index (χ3n) is 5.03. The highest BCUT2D eigenvalue weighted by molar-refractivity contribution is 4.91. The van der Waals surface area contributed by atoms with Crippen molar-refractivity contribution in [3.05, 3.63) is 5.92 Å². The highest BCUT2D eigenvalue weighted by Gasteiger charge is 2.16. The second kappa shape index (κ2) is 17.4. The SMILES string of the molecule is CCCCCC[C](CCCCC)CC(CCCC)CCCC. The molecule has 0 bridgehead atoms. The Hall–Kier alpha value is 0. The predicted molar refractivity (Wildman–Crippen MR) is 103 cm³/mol. The van der Waals surface area contributed by atoms with Gasteiger partial charge in [0.15, 0.2) is 0 Å². The Morgan fingerprint density at radius 2 is 1.00 bits per heavy atom. The summed E-state index contributed by atoms with van der Waals surface area (Å²) < 4.78 is 0. The van der Waals surface area contributed by atoms with Gasteiger partial charge in [0.2, 0.25) is 0 Å². The van der Waals surface area contributed by atoms with Crippen molar-refractivity contribution in [2.24, 2.45) is 5.92 Å². The van der Waals surface area contributed by atoms with Crippen molar-refractivity contribution >= 4 is 0 Å². The lowest BCUT2D eigenvalue weighted by Gasteiger charge is -2.23. The van der Waals surface area contributed by atoms with Crippen LogP contribution in [-0.4, -0.2) is 0 Å². The zero-order valence-corrected chi connectivity index (χ0v) is 16.4. The summed E-state index contributed by atoms with van der Waals surface area (Å²) in [7, 11) is 0. The first-order valence-corrected chi connectivity index (χ1v) is 10.6. The van der Waals surface area contributed by atoms with Gasteiger partial charge in [0.1, 0.15) is 0 Å². The molecule has 0 heteroatoms. The van der Waals surface area contributed by atoms with Crippen molar-refractivity contribution in [3.63, 3.8) is 0 Å². The van der Waals surface area contributed by atoms with Gasteiger partial charge in [0.05, 0.1) is 0 Å². The third kappa shape index (κ3) is 13.6. The summed E-state index contributed by atoms with van der Waals surface area (Å²) in [5.41, 5.74) is 0. The molecule has 0 aliphatic heterocycles. The van der Waals surface area contributed by atoms with Crippen molar-refractivity contribution in [3.8, 4) is 0 Å². The smallest absolute Gasteiger partial charge is 0.0238 e. The van der Waals surface area contributed by atoms with Crippen LogP contribution in [0.3, 0.4) is 0 Å². The minimum Gasteiger partial charge on any atom is -0.0654 e. The predicted octanol–water partition coefficient (Wildman–Crippen LogP) is 8.50. The maximum Gasteiger partial charge on any atom is -0.0238 e. The van der Waals surface area contributed by atoms with E-state index in [1.807, 2.05) is 5.92 Å². The minimum atomic E-state index is 0.989. The van der Waals surface area contributed by atoms with Gasteiger partial charge in [-0.1, -0.05) is 111 Å². The molecule has 0 N–H and O–H groups in total. The van der Waals surface area contributed by atoms with E-state index < -0.39 is 0 Å². The normalized spacial score (nSPS) is 11.7. The van der Waals surface area contributed by atoms with Gasteiger partial charge in [0, 0.05) is 0 Å². The second-order valence-corrected chi connectivity index (χ2v) is 7.37. The topological polar surface area (TPSA) is 0 Å². The van der Waals surface area contributed by atoms with Crippen LogP contribution in [0.2, 0.25) is 0 Å². The number of hydrogen-bond donors (Lipinski definition) is 0. The summed E-state index contributed by atoms with van der Waals surface area (Å²) >= 11 is 0. The number of hydrogen-bond acceptors (Lipinski definition) is 0. The molecule has 133 valence electrons. The van der Waals surface area contributed by atoms with Gasteiger partial charge in [0.25, 0.3) is 0 Å². The highest BCUT2D eigenvalue weighted by atomic mass is 14.2. The molecule has 0 nitrogen and oxygen atoms in total. The molecule has 0 fully saturated rings. The first kappa shape index (κ1) is 22.0. The monoisotopic (exact) mass is 309 g/mol. The molecular weight excluding hydrogens is 264 g/mol. The van der Waals surface area contributed by atoms with Crippen LogP contribution in [0.25, 0.3) is 0 Å². The van der Waals surface area contributed by atoms with E-state index >= 15 is 0 Å². The molecule has 0 rings (SSSR count). The molecule has 0 aromatic rings. The van der Waals surface area contributed by atoms with Crippen LogP contribution in [0.4, 0.5) is 0 Å². The fourth-order valence-corrected chi connectivity index (χ4v) is 3.50. The van der Waals surface area contributed by atoms with Gasteiger partial charge in [-0.3, -0.25) is 0 Å². The Kier molecular flexibility index (Phi) is 17.4. The van der Waals surface area contributed by atoms with Crippen LogP contribution >= 0.6 is 0 Å². The molecule has 0 heterocycles. The van der Waals surface area contributed by atoms with E-state index in [9.17, 15) is 0 Å². The average Bonchev–Trinajstić information content (AvgIpc) is 2.53. The molecule has 0 spiro atoms. The lowest BCUT2D eigenvalue weighted by Crippen LogP contribution is -2.09. The molecule has 22 heavy (non-hydrogen) atoms. The standard InChI is InChI=1S/C22H45/c1-5-9-13-15-19-22(18-14-10-6-2)20-21(16-11-7-3)17-12-8-4/h21H,5-20H2,1-4H3. The Balaban J connectivity index is 4.24. The summed E-state index contributed by atoms with van der Waals surface area (Å²) in [6.45, 7) is 9.32. The van der Waals surface area contributed by atoms with E-state index in [2.05, 4.69) is 27.7 Å². The Morgan fingerprint density at radius 1 is 0.545 bits per heavy atom. The van der Waals surface area contributed by atoms with E-state index in [1.165, 1.54) is 103 Å². The molecule has 0 atom stereocenters. The van der Waals surface area contributed by atoms with Crippen LogP contribution in [0, 0.1) is 11.8 Å². The Labute approximate surface area is 142 Å². The molecular formula is C22H45. The average molecular weight is 310 g/mol. The van der Waals surface area contributed by atoms with Gasteiger partial charge in [-0.2, -0.15) is 0 Å². The summed E-state index contributed by atoms with van der Waals surface area (Å²) in [4.78, 5) is 0. The van der Waals surface area contributed by atoms with E-state index in [4.69, 9.17) is 0 Å². The van der Waals surface area contributed by atoms with Crippen LogP contribution in [-0.2, 0) is 0 Å². The van der Waals surface area contributed by atoms with E-state index in [1.54, 1.807) is 0 Å². The molecule has 0 aromatic carbocycles. The lowest BCUT2D eigenvalue weighted by molar-refractivity contribution is 0.379. The molecule has 0 unspecified atom stereocenters. The van der Waals surface area contributed by atoms with Gasteiger partial charge in [-0.05, 0) is 31.1 Å². The zero-order valence-electron chi connectivity index (χ0n) is 16.4. The van der Waals surface area contributed by atoms with Gasteiger partial charge in [-0.15, -0.1) is 0 Å². The quantitative estimate of drug-likeness (QED) is 0.236.